The molecule has 0 aromatic heterocycles. The van der Waals surface area contributed by atoms with Gasteiger partial charge in [-0.15, -0.1) is 0 Å². The number of aliphatic hydroxyl groups excluding tert-OH is 1. The Hall–Kier alpha value is -3.40. The maximum absolute atomic E-state index is 12.4. The van der Waals surface area contributed by atoms with Gasteiger partial charge in [0.05, 0.1) is 24.0 Å². The highest BCUT2D eigenvalue weighted by Gasteiger charge is 2.23. The Morgan fingerprint density at radius 2 is 1.74 bits per heavy atom. The molecule has 6 N–H and O–H groups in total. The first-order chi connectivity index (χ1) is 17.7. The summed E-state index contributed by atoms with van der Waals surface area (Å²) in [5.74, 6) is -1.04. The predicted molar refractivity (Wildman–Crippen MR) is 151 cm³/mol. The van der Waals surface area contributed by atoms with E-state index in [1.807, 2.05) is 69.3 Å². The standard InChI is InChI=1S/C29H37N3O5S/c1-19-8-5-6-10-21(19)15-24(28(30)35)22-11-7-9-20(14-22)17-29(2,3)31-18-27(34)23-12-13-26(33)25(16-23)32-38(4,36)37/h5-14,16,24,27,31-34H,15,17-18H2,1-4H3,(H2,30,35)/t24?,27-/m0/s1. The number of primary amides is 1. The van der Waals surface area contributed by atoms with Crippen LogP contribution in [0, 0.1) is 6.92 Å². The number of aromatic hydroxyl groups is 1. The van der Waals surface area contributed by atoms with Crippen LogP contribution in [-0.2, 0) is 27.7 Å². The van der Waals surface area contributed by atoms with Crippen molar-refractivity contribution in [1.29, 1.82) is 0 Å². The molecule has 1 amide bonds. The minimum Gasteiger partial charge on any atom is -0.506 e. The number of β-amino-alcohol motifs (C(OH)–C–C–N with tert-alkyl or cyclic N) is 1. The van der Waals surface area contributed by atoms with Gasteiger partial charge in [-0.05, 0) is 73.6 Å². The van der Waals surface area contributed by atoms with Gasteiger partial charge in [0.1, 0.15) is 5.75 Å². The van der Waals surface area contributed by atoms with Gasteiger partial charge in [0, 0.05) is 12.1 Å². The van der Waals surface area contributed by atoms with E-state index in [4.69, 9.17) is 5.73 Å². The molecule has 9 heteroatoms. The summed E-state index contributed by atoms with van der Waals surface area (Å²) >= 11 is 0. The number of phenolic OH excluding ortho intramolecular Hbond substituents is 1. The highest BCUT2D eigenvalue weighted by atomic mass is 32.2. The van der Waals surface area contributed by atoms with Crippen molar-refractivity contribution in [1.82, 2.24) is 5.32 Å². The average Bonchev–Trinajstić information content (AvgIpc) is 2.82. The number of sulfonamides is 1. The summed E-state index contributed by atoms with van der Waals surface area (Å²) in [7, 11) is -3.58. The van der Waals surface area contributed by atoms with Crippen LogP contribution in [0.4, 0.5) is 5.69 Å². The second-order valence-electron chi connectivity index (χ2n) is 10.4. The fourth-order valence-corrected chi connectivity index (χ4v) is 5.03. The molecular formula is C29H37N3O5S. The van der Waals surface area contributed by atoms with Crippen LogP contribution in [0.25, 0.3) is 0 Å². The first kappa shape index (κ1) is 29.2. The third kappa shape index (κ3) is 8.31. The molecule has 0 aliphatic rings. The molecule has 3 aromatic carbocycles. The van der Waals surface area contributed by atoms with Gasteiger partial charge in [0.25, 0.3) is 0 Å². The summed E-state index contributed by atoms with van der Waals surface area (Å²) in [5.41, 5.74) is 9.94. The van der Waals surface area contributed by atoms with E-state index < -0.39 is 27.6 Å². The molecule has 0 saturated heterocycles. The van der Waals surface area contributed by atoms with Crippen LogP contribution in [0.15, 0.2) is 66.7 Å². The number of aliphatic hydroxyl groups is 1. The smallest absolute Gasteiger partial charge is 0.229 e. The lowest BCUT2D eigenvalue weighted by Crippen LogP contribution is -2.43. The molecule has 3 aromatic rings. The number of carbonyl (C=O) groups is 1. The number of benzene rings is 3. The van der Waals surface area contributed by atoms with Gasteiger partial charge in [-0.1, -0.05) is 54.6 Å². The molecule has 1 unspecified atom stereocenters. The maximum Gasteiger partial charge on any atom is 0.229 e. The molecule has 204 valence electrons. The predicted octanol–water partition coefficient (Wildman–Crippen LogP) is 3.53. The number of rotatable bonds is 12. The van der Waals surface area contributed by atoms with E-state index in [-0.39, 0.29) is 23.9 Å². The van der Waals surface area contributed by atoms with Gasteiger partial charge in [-0.2, -0.15) is 0 Å². The van der Waals surface area contributed by atoms with E-state index in [1.54, 1.807) is 6.07 Å². The Balaban J connectivity index is 1.69. The van der Waals surface area contributed by atoms with E-state index in [0.29, 0.717) is 18.4 Å². The van der Waals surface area contributed by atoms with E-state index >= 15 is 0 Å². The number of anilines is 1. The first-order valence-electron chi connectivity index (χ1n) is 12.4. The minimum atomic E-state index is -3.58. The summed E-state index contributed by atoms with van der Waals surface area (Å²) in [5, 5.41) is 24.0. The van der Waals surface area contributed by atoms with Gasteiger partial charge in [0.15, 0.2) is 0 Å². The molecule has 0 fully saturated rings. The average molecular weight is 540 g/mol. The number of nitrogens with one attached hydrogen (secondary N) is 2. The van der Waals surface area contributed by atoms with Crippen molar-refractivity contribution < 1.29 is 23.4 Å². The molecule has 0 bridgehead atoms. The van der Waals surface area contributed by atoms with Crippen molar-refractivity contribution in [3.8, 4) is 5.75 Å². The van der Waals surface area contributed by atoms with Crippen LogP contribution < -0.4 is 15.8 Å². The summed E-state index contributed by atoms with van der Waals surface area (Å²) in [4.78, 5) is 12.4. The van der Waals surface area contributed by atoms with Crippen molar-refractivity contribution in [2.24, 2.45) is 5.73 Å². The molecule has 0 aliphatic carbocycles. The highest BCUT2D eigenvalue weighted by molar-refractivity contribution is 7.92. The van der Waals surface area contributed by atoms with Crippen LogP contribution in [0.1, 0.15) is 53.7 Å². The summed E-state index contributed by atoms with van der Waals surface area (Å²) in [6, 6.07) is 20.1. The number of hydrogen-bond donors (Lipinski definition) is 5. The number of amides is 1. The lowest BCUT2D eigenvalue weighted by atomic mass is 9.87. The van der Waals surface area contributed by atoms with E-state index in [9.17, 15) is 23.4 Å². The molecule has 0 saturated carbocycles. The van der Waals surface area contributed by atoms with Gasteiger partial charge in [0.2, 0.25) is 15.9 Å². The number of phenols is 1. The molecule has 38 heavy (non-hydrogen) atoms. The molecule has 0 spiro atoms. The summed E-state index contributed by atoms with van der Waals surface area (Å²) < 4.78 is 25.4. The number of carbonyl (C=O) groups excluding carboxylic acids is 1. The van der Waals surface area contributed by atoms with Gasteiger partial charge < -0.3 is 21.3 Å². The lowest BCUT2D eigenvalue weighted by Gasteiger charge is -2.29. The number of hydrogen-bond acceptors (Lipinski definition) is 6. The van der Waals surface area contributed by atoms with Crippen LogP contribution in [0.2, 0.25) is 0 Å². The summed E-state index contributed by atoms with van der Waals surface area (Å²) in [6.07, 6.45) is 1.21. The van der Waals surface area contributed by atoms with Gasteiger partial charge in [-0.25, -0.2) is 8.42 Å². The second kappa shape index (κ2) is 12.0. The highest BCUT2D eigenvalue weighted by Crippen LogP contribution is 2.28. The number of aryl methyl sites for hydroxylation is 1. The Labute approximate surface area is 225 Å². The monoisotopic (exact) mass is 539 g/mol. The zero-order valence-electron chi connectivity index (χ0n) is 22.2. The molecule has 0 heterocycles. The Kier molecular flexibility index (Phi) is 9.19. The minimum absolute atomic E-state index is 0.00910. The topological polar surface area (TPSA) is 142 Å². The zero-order chi connectivity index (χ0) is 28.1. The Morgan fingerprint density at radius 1 is 1.03 bits per heavy atom. The van der Waals surface area contributed by atoms with E-state index in [1.165, 1.54) is 12.1 Å². The molecule has 3 rings (SSSR count). The van der Waals surface area contributed by atoms with Gasteiger partial charge in [-0.3, -0.25) is 9.52 Å². The third-order valence-electron chi connectivity index (χ3n) is 6.50. The van der Waals surface area contributed by atoms with Crippen molar-refractivity contribution in [2.75, 3.05) is 17.5 Å². The quantitative estimate of drug-likeness (QED) is 0.223. The third-order valence-corrected chi connectivity index (χ3v) is 7.09. The summed E-state index contributed by atoms with van der Waals surface area (Å²) in [6.45, 7) is 6.25. The largest absolute Gasteiger partial charge is 0.506 e. The van der Waals surface area contributed by atoms with Crippen LogP contribution >= 0.6 is 0 Å². The van der Waals surface area contributed by atoms with Crippen molar-refractivity contribution >= 4 is 21.6 Å². The van der Waals surface area contributed by atoms with Crippen LogP contribution in [-0.4, -0.2) is 42.9 Å². The SMILES string of the molecule is Cc1ccccc1CC(C(N)=O)c1cccc(CC(C)(C)NC[C@H](O)c2ccc(O)c(NS(C)(=O)=O)c2)c1. The second-order valence-corrected chi connectivity index (χ2v) is 12.2. The maximum atomic E-state index is 12.4. The van der Waals surface area contributed by atoms with E-state index in [0.717, 1.165) is 28.5 Å². The van der Waals surface area contributed by atoms with Crippen LogP contribution in [0.3, 0.4) is 0 Å². The Bertz CT molecular complexity index is 1390. The Morgan fingerprint density at radius 3 is 2.39 bits per heavy atom. The molecule has 2 atom stereocenters. The van der Waals surface area contributed by atoms with Crippen molar-refractivity contribution in [3.05, 3.63) is 94.5 Å². The van der Waals surface area contributed by atoms with Gasteiger partial charge >= 0.3 is 0 Å². The fourth-order valence-electron chi connectivity index (χ4n) is 4.47. The first-order valence-corrected chi connectivity index (χ1v) is 14.3. The molecule has 8 nitrogen and oxygen atoms in total. The lowest BCUT2D eigenvalue weighted by molar-refractivity contribution is -0.119. The van der Waals surface area contributed by atoms with Crippen molar-refractivity contribution in [3.63, 3.8) is 0 Å². The zero-order valence-corrected chi connectivity index (χ0v) is 23.0. The van der Waals surface area contributed by atoms with Crippen LogP contribution in [0.5, 0.6) is 5.75 Å². The van der Waals surface area contributed by atoms with Crippen molar-refractivity contribution in [2.45, 2.75) is 51.2 Å². The fraction of sp³-hybridized carbons (Fsp3) is 0.345. The molecule has 0 aliphatic heterocycles. The molecular weight excluding hydrogens is 502 g/mol. The normalized spacial score (nSPS) is 13.6. The number of nitrogens with two attached hydrogens (primary N) is 1. The van der Waals surface area contributed by atoms with E-state index in [2.05, 4.69) is 10.0 Å². The molecule has 0 radical (unpaired) electrons.